The molecule has 0 atom stereocenters. The molecule has 1 aliphatic heterocycles. The summed E-state index contributed by atoms with van der Waals surface area (Å²) >= 11 is 0. The quantitative estimate of drug-likeness (QED) is 0.368. The van der Waals surface area contributed by atoms with E-state index in [1.54, 1.807) is 45.0 Å². The Bertz CT molecular complexity index is 843. The average Bonchev–Trinajstić information content (AvgIpc) is 2.45. The molecule has 0 fully saturated rings. The van der Waals surface area contributed by atoms with E-state index in [0.29, 0.717) is 33.0 Å². The molecule has 0 unspecified atom stereocenters. The second-order valence-corrected chi connectivity index (χ2v) is 5.81. The van der Waals surface area contributed by atoms with E-state index in [0.717, 1.165) is 0 Å². The van der Waals surface area contributed by atoms with Crippen LogP contribution in [-0.4, -0.2) is 16.4 Å². The largest absolute Gasteiger partial charge is 0.618 e. The summed E-state index contributed by atoms with van der Waals surface area (Å²) in [5.41, 5.74) is 0.742. The maximum absolute atomic E-state index is 12.1. The van der Waals surface area contributed by atoms with Crippen molar-refractivity contribution >= 4 is 11.4 Å². The van der Waals surface area contributed by atoms with E-state index in [1.807, 2.05) is 0 Å². The SMILES string of the molecule is Cc1cc2c(cc1[N+](=O)[O-])C(c1cccc[n+]1[O-])=NC(C)(C)O2. The summed E-state index contributed by atoms with van der Waals surface area (Å²) in [6, 6.07) is 7.98. The van der Waals surface area contributed by atoms with E-state index in [4.69, 9.17) is 4.74 Å². The number of pyridine rings is 1. The zero-order valence-electron chi connectivity index (χ0n) is 12.9. The fourth-order valence-electron chi connectivity index (χ4n) is 2.56. The minimum Gasteiger partial charge on any atom is -0.618 e. The highest BCUT2D eigenvalue weighted by atomic mass is 16.6. The number of nitrogens with zero attached hydrogens (tertiary/aromatic N) is 3. The van der Waals surface area contributed by atoms with Gasteiger partial charge in [0.15, 0.2) is 11.9 Å². The van der Waals surface area contributed by atoms with E-state index < -0.39 is 10.6 Å². The molecule has 0 radical (unpaired) electrons. The zero-order valence-corrected chi connectivity index (χ0v) is 12.9. The van der Waals surface area contributed by atoms with Gasteiger partial charge in [0, 0.05) is 23.8 Å². The van der Waals surface area contributed by atoms with Gasteiger partial charge in [-0.15, -0.1) is 0 Å². The molecule has 0 N–H and O–H groups in total. The number of nitro groups is 1. The zero-order chi connectivity index (χ0) is 16.8. The highest BCUT2D eigenvalue weighted by Gasteiger charge is 2.33. The van der Waals surface area contributed by atoms with Crippen LogP contribution in [0.1, 0.15) is 30.7 Å². The molecule has 1 aromatic carbocycles. The van der Waals surface area contributed by atoms with Crippen molar-refractivity contribution in [3.63, 3.8) is 0 Å². The van der Waals surface area contributed by atoms with Gasteiger partial charge in [-0.05, 0) is 32.9 Å². The number of aliphatic imine (C=N–C) groups is 1. The highest BCUT2D eigenvalue weighted by molar-refractivity contribution is 6.13. The topological polar surface area (TPSA) is 91.7 Å². The molecular formula is C16H15N3O4. The third kappa shape index (κ3) is 2.61. The van der Waals surface area contributed by atoms with Crippen molar-refractivity contribution in [2.75, 3.05) is 0 Å². The molecule has 23 heavy (non-hydrogen) atoms. The fraction of sp³-hybridized carbons (Fsp3) is 0.250. The second kappa shape index (κ2) is 5.05. The number of nitro benzene ring substituents is 1. The third-order valence-corrected chi connectivity index (χ3v) is 3.56. The van der Waals surface area contributed by atoms with Gasteiger partial charge in [0.1, 0.15) is 11.5 Å². The van der Waals surface area contributed by atoms with Crippen molar-refractivity contribution in [1.82, 2.24) is 0 Å². The van der Waals surface area contributed by atoms with Crippen molar-refractivity contribution in [3.05, 3.63) is 68.7 Å². The average molecular weight is 313 g/mol. The van der Waals surface area contributed by atoms with E-state index in [-0.39, 0.29) is 5.69 Å². The van der Waals surface area contributed by atoms with Crippen LogP contribution in [0.15, 0.2) is 41.5 Å². The molecule has 0 saturated carbocycles. The molecule has 1 aliphatic rings. The van der Waals surface area contributed by atoms with E-state index in [1.165, 1.54) is 12.3 Å². The molecule has 0 bridgehead atoms. The van der Waals surface area contributed by atoms with Crippen LogP contribution in [0.4, 0.5) is 5.69 Å². The second-order valence-electron chi connectivity index (χ2n) is 5.81. The number of rotatable bonds is 2. The molecule has 7 nitrogen and oxygen atoms in total. The molecule has 118 valence electrons. The number of ether oxygens (including phenoxy) is 1. The molecule has 2 aromatic rings. The summed E-state index contributed by atoms with van der Waals surface area (Å²) in [5.74, 6) is 0.479. The molecule has 0 saturated heterocycles. The smallest absolute Gasteiger partial charge is 0.273 e. The van der Waals surface area contributed by atoms with Crippen LogP contribution >= 0.6 is 0 Å². The predicted octanol–water partition coefficient (Wildman–Crippen LogP) is 2.50. The Labute approximate surface area is 132 Å². The molecule has 7 heteroatoms. The monoisotopic (exact) mass is 313 g/mol. The van der Waals surface area contributed by atoms with E-state index in [9.17, 15) is 15.3 Å². The lowest BCUT2D eigenvalue weighted by molar-refractivity contribution is -0.606. The molecule has 0 aliphatic carbocycles. The van der Waals surface area contributed by atoms with Crippen LogP contribution < -0.4 is 9.47 Å². The van der Waals surface area contributed by atoms with Gasteiger partial charge < -0.3 is 9.94 Å². The van der Waals surface area contributed by atoms with Gasteiger partial charge in [-0.25, -0.2) is 4.99 Å². The number of hydrogen-bond acceptors (Lipinski definition) is 5. The Morgan fingerprint density at radius 3 is 2.70 bits per heavy atom. The van der Waals surface area contributed by atoms with Crippen molar-refractivity contribution in [3.8, 4) is 5.75 Å². The third-order valence-electron chi connectivity index (χ3n) is 3.56. The van der Waals surface area contributed by atoms with Crippen molar-refractivity contribution in [2.24, 2.45) is 4.99 Å². The lowest BCUT2D eigenvalue weighted by Crippen LogP contribution is -2.39. The Balaban J connectivity index is 2.28. The summed E-state index contributed by atoms with van der Waals surface area (Å²) in [6.45, 7) is 5.19. The lowest BCUT2D eigenvalue weighted by Gasteiger charge is -2.29. The standard InChI is InChI=1S/C16H15N3O4/c1-10-8-14-11(9-13(10)19(21)22)15(17-16(2,3)23-14)12-6-4-5-7-18(12)20/h4-9H,1-3H3. The van der Waals surface area contributed by atoms with Gasteiger partial charge in [-0.1, -0.05) is 0 Å². The lowest BCUT2D eigenvalue weighted by atomic mass is 9.99. The first-order chi connectivity index (χ1) is 10.8. The van der Waals surface area contributed by atoms with Gasteiger partial charge in [0.05, 0.1) is 10.5 Å². The number of hydrogen-bond donors (Lipinski definition) is 0. The Morgan fingerprint density at radius 1 is 1.30 bits per heavy atom. The van der Waals surface area contributed by atoms with Gasteiger partial charge in [-0.2, -0.15) is 4.73 Å². The first kappa shape index (κ1) is 15.0. The first-order valence-corrected chi connectivity index (χ1v) is 7.05. The van der Waals surface area contributed by atoms with Crippen LogP contribution in [0.3, 0.4) is 0 Å². The molecular weight excluding hydrogens is 298 g/mol. The highest BCUT2D eigenvalue weighted by Crippen LogP contribution is 2.36. The molecule has 0 spiro atoms. The Morgan fingerprint density at radius 2 is 2.04 bits per heavy atom. The minimum atomic E-state index is -0.867. The van der Waals surface area contributed by atoms with Gasteiger partial charge in [-0.3, -0.25) is 10.1 Å². The summed E-state index contributed by atoms with van der Waals surface area (Å²) in [5, 5.41) is 23.3. The first-order valence-electron chi connectivity index (χ1n) is 7.05. The summed E-state index contributed by atoms with van der Waals surface area (Å²) in [7, 11) is 0. The van der Waals surface area contributed by atoms with Crippen LogP contribution in [0.5, 0.6) is 5.75 Å². The van der Waals surface area contributed by atoms with Crippen LogP contribution in [0.2, 0.25) is 0 Å². The van der Waals surface area contributed by atoms with Gasteiger partial charge in [0.25, 0.3) is 5.69 Å². The van der Waals surface area contributed by atoms with Crippen LogP contribution in [0.25, 0.3) is 0 Å². The normalized spacial score (nSPS) is 15.3. The molecule has 1 aromatic heterocycles. The number of benzene rings is 1. The molecule has 0 amide bonds. The summed E-state index contributed by atoms with van der Waals surface area (Å²) in [6.07, 6.45) is 1.36. The van der Waals surface area contributed by atoms with Crippen molar-refractivity contribution < 1.29 is 14.4 Å². The van der Waals surface area contributed by atoms with Crippen molar-refractivity contribution in [1.29, 1.82) is 0 Å². The summed E-state index contributed by atoms with van der Waals surface area (Å²) in [4.78, 5) is 15.2. The Kier molecular flexibility index (Phi) is 3.28. The van der Waals surface area contributed by atoms with E-state index in [2.05, 4.69) is 4.99 Å². The van der Waals surface area contributed by atoms with Crippen molar-refractivity contribution in [2.45, 2.75) is 26.5 Å². The maximum atomic E-state index is 12.1. The van der Waals surface area contributed by atoms with E-state index >= 15 is 0 Å². The van der Waals surface area contributed by atoms with Gasteiger partial charge in [0.2, 0.25) is 5.69 Å². The minimum absolute atomic E-state index is 0.0341. The molecule has 2 heterocycles. The summed E-state index contributed by atoms with van der Waals surface area (Å²) < 4.78 is 6.50. The van der Waals surface area contributed by atoms with Crippen LogP contribution in [0, 0.1) is 22.2 Å². The van der Waals surface area contributed by atoms with Gasteiger partial charge >= 0.3 is 0 Å². The fourth-order valence-corrected chi connectivity index (χ4v) is 2.56. The number of aromatic nitrogens is 1. The predicted molar refractivity (Wildman–Crippen MR) is 83.6 cm³/mol. The molecule has 3 rings (SSSR count). The van der Waals surface area contributed by atoms with Crippen LogP contribution in [-0.2, 0) is 0 Å². The Hall–Kier alpha value is -2.96. The maximum Gasteiger partial charge on any atom is 0.273 e. The number of aryl methyl sites for hydroxylation is 1. The number of fused-ring (bicyclic) bond motifs is 1.